The third-order valence-electron chi connectivity index (χ3n) is 3.32. The highest BCUT2D eigenvalue weighted by Crippen LogP contribution is 2.05. The molecule has 0 unspecified atom stereocenters. The second-order valence-electron chi connectivity index (χ2n) is 6.08. The Balaban J connectivity index is 1.84. The van der Waals surface area contributed by atoms with Crippen LogP contribution in [0, 0.1) is 5.92 Å². The first-order chi connectivity index (χ1) is 12.0. The summed E-state index contributed by atoms with van der Waals surface area (Å²) in [7, 11) is 0. The smallest absolute Gasteiger partial charge is 0.249 e. The van der Waals surface area contributed by atoms with E-state index in [2.05, 4.69) is 15.0 Å². The summed E-state index contributed by atoms with van der Waals surface area (Å²) in [5, 5.41) is 6.20. The van der Waals surface area contributed by atoms with E-state index in [-0.39, 0.29) is 30.9 Å². The fraction of sp³-hybridized carbons (Fsp3) is 0.389. The third kappa shape index (κ3) is 6.76. The summed E-state index contributed by atoms with van der Waals surface area (Å²) in [5.74, 6) is 0.00564. The molecule has 1 aromatic heterocycles. The van der Waals surface area contributed by atoms with Gasteiger partial charge >= 0.3 is 0 Å². The fourth-order valence-corrected chi connectivity index (χ4v) is 2.25. The van der Waals surface area contributed by atoms with E-state index in [0.717, 1.165) is 5.56 Å². The Bertz CT molecular complexity index is 656. The molecule has 134 valence electrons. The van der Waals surface area contributed by atoms with Gasteiger partial charge in [0.15, 0.2) is 5.82 Å². The van der Waals surface area contributed by atoms with E-state index in [0.29, 0.717) is 19.0 Å². The Labute approximate surface area is 146 Å². The molecule has 0 atom stereocenters. The maximum absolute atomic E-state index is 12.4. The topological polar surface area (TPSA) is 84.7 Å². The van der Waals surface area contributed by atoms with E-state index >= 15 is 0 Å². The average molecular weight is 345 g/mol. The molecule has 1 N–H and O–H groups in total. The van der Waals surface area contributed by atoms with Gasteiger partial charge in [-0.15, -0.1) is 0 Å². The van der Waals surface area contributed by atoms with Crippen molar-refractivity contribution in [1.29, 1.82) is 0 Å². The van der Waals surface area contributed by atoms with Gasteiger partial charge in [-0.25, -0.2) is 0 Å². The highest BCUT2D eigenvalue weighted by molar-refractivity contribution is 5.93. The van der Waals surface area contributed by atoms with Crippen LogP contribution in [0.4, 0.5) is 5.82 Å². The predicted octanol–water partition coefficient (Wildman–Crippen LogP) is 2.31. The molecule has 0 bridgehead atoms. The van der Waals surface area contributed by atoms with Gasteiger partial charge in [0.25, 0.3) is 0 Å². The van der Waals surface area contributed by atoms with Gasteiger partial charge in [0.1, 0.15) is 12.9 Å². The molecule has 7 nitrogen and oxygen atoms in total. The number of hydrogen-bond acceptors (Lipinski definition) is 5. The molecule has 0 spiro atoms. The molecule has 0 fully saturated rings. The summed E-state index contributed by atoms with van der Waals surface area (Å²) in [5.41, 5.74) is 0.995. The van der Waals surface area contributed by atoms with Gasteiger partial charge in [-0.05, 0) is 11.5 Å². The minimum absolute atomic E-state index is 0.0570. The number of hydrogen-bond donors (Lipinski definition) is 1. The van der Waals surface area contributed by atoms with Crippen LogP contribution in [0.2, 0.25) is 0 Å². The van der Waals surface area contributed by atoms with Crippen LogP contribution < -0.4 is 5.32 Å². The molecule has 2 rings (SSSR count). The number of benzene rings is 1. The van der Waals surface area contributed by atoms with Gasteiger partial charge in [0.2, 0.25) is 11.8 Å². The van der Waals surface area contributed by atoms with Crippen molar-refractivity contribution < 1.29 is 18.8 Å². The number of carbonyl (C=O) groups excluding carboxylic acids is 2. The Morgan fingerprint density at radius 2 is 2.00 bits per heavy atom. The maximum atomic E-state index is 12.4. The van der Waals surface area contributed by atoms with Gasteiger partial charge in [-0.1, -0.05) is 49.3 Å². The number of rotatable bonds is 9. The van der Waals surface area contributed by atoms with Crippen LogP contribution in [0.25, 0.3) is 0 Å². The van der Waals surface area contributed by atoms with Crippen LogP contribution in [-0.4, -0.2) is 41.6 Å². The largest absolute Gasteiger partial charge is 0.367 e. The van der Waals surface area contributed by atoms with Crippen molar-refractivity contribution in [2.75, 3.05) is 25.0 Å². The Kier molecular flexibility index (Phi) is 7.16. The molecule has 0 aliphatic heterocycles. The molecule has 2 amide bonds. The molecule has 0 saturated heterocycles. The summed E-state index contributed by atoms with van der Waals surface area (Å²) in [4.78, 5) is 26.0. The van der Waals surface area contributed by atoms with Crippen molar-refractivity contribution >= 4 is 17.6 Å². The molecule has 0 saturated carbocycles. The van der Waals surface area contributed by atoms with Crippen LogP contribution in [0.3, 0.4) is 0 Å². The van der Waals surface area contributed by atoms with Crippen LogP contribution in [0.5, 0.6) is 0 Å². The van der Waals surface area contributed by atoms with Crippen molar-refractivity contribution in [2.45, 2.75) is 20.5 Å². The summed E-state index contributed by atoms with van der Waals surface area (Å²) in [6.45, 7) is 4.67. The number of nitrogens with one attached hydrogen (secondary N) is 1. The van der Waals surface area contributed by atoms with E-state index in [1.807, 2.05) is 44.2 Å². The van der Waals surface area contributed by atoms with E-state index in [4.69, 9.17) is 4.74 Å². The number of aromatic nitrogens is 1. The average Bonchev–Trinajstić information content (AvgIpc) is 3.07. The monoisotopic (exact) mass is 345 g/mol. The van der Waals surface area contributed by atoms with E-state index in [1.165, 1.54) is 17.2 Å². The number of carbonyl (C=O) groups is 2. The van der Waals surface area contributed by atoms with E-state index in [1.54, 1.807) is 0 Å². The lowest BCUT2D eigenvalue weighted by molar-refractivity contribution is -0.139. The maximum Gasteiger partial charge on any atom is 0.249 e. The second kappa shape index (κ2) is 9.58. The van der Waals surface area contributed by atoms with Gasteiger partial charge < -0.3 is 19.5 Å². The first kappa shape index (κ1) is 18.7. The van der Waals surface area contributed by atoms with E-state index < -0.39 is 0 Å². The number of anilines is 1. The predicted molar refractivity (Wildman–Crippen MR) is 92.6 cm³/mol. The molecule has 0 aliphatic rings. The number of amides is 2. The number of ether oxygens (including phenoxy) is 1. The molecule has 1 aromatic carbocycles. The van der Waals surface area contributed by atoms with Gasteiger partial charge in [0.05, 0.1) is 13.2 Å². The van der Waals surface area contributed by atoms with Crippen molar-refractivity contribution in [2.24, 2.45) is 5.92 Å². The summed E-state index contributed by atoms with van der Waals surface area (Å²) in [6.07, 6.45) is 1.37. The van der Waals surface area contributed by atoms with Crippen LogP contribution in [0.15, 0.2) is 47.2 Å². The SMILES string of the molecule is CC(C)CN(CC(=O)Nc1ccon1)C(=O)COCc1ccccc1. The lowest BCUT2D eigenvalue weighted by Crippen LogP contribution is -2.42. The molecule has 0 radical (unpaired) electrons. The van der Waals surface area contributed by atoms with Crippen LogP contribution >= 0.6 is 0 Å². The molecule has 25 heavy (non-hydrogen) atoms. The quantitative estimate of drug-likeness (QED) is 0.754. The zero-order valence-corrected chi connectivity index (χ0v) is 14.5. The molecule has 2 aromatic rings. The molecular formula is C18H23N3O4. The second-order valence-corrected chi connectivity index (χ2v) is 6.08. The van der Waals surface area contributed by atoms with Crippen molar-refractivity contribution in [3.63, 3.8) is 0 Å². The first-order valence-electron chi connectivity index (χ1n) is 8.14. The summed E-state index contributed by atoms with van der Waals surface area (Å²) in [6, 6.07) is 11.2. The Morgan fingerprint density at radius 1 is 1.24 bits per heavy atom. The van der Waals surface area contributed by atoms with Crippen molar-refractivity contribution in [1.82, 2.24) is 10.1 Å². The molecule has 1 heterocycles. The molecular weight excluding hydrogens is 322 g/mol. The minimum Gasteiger partial charge on any atom is -0.367 e. The third-order valence-corrected chi connectivity index (χ3v) is 3.32. The van der Waals surface area contributed by atoms with Crippen molar-refractivity contribution in [3.8, 4) is 0 Å². The fourth-order valence-electron chi connectivity index (χ4n) is 2.25. The zero-order valence-electron chi connectivity index (χ0n) is 14.5. The first-order valence-corrected chi connectivity index (χ1v) is 8.14. The lowest BCUT2D eigenvalue weighted by atomic mass is 10.2. The Morgan fingerprint density at radius 3 is 2.64 bits per heavy atom. The zero-order chi connectivity index (χ0) is 18.1. The van der Waals surface area contributed by atoms with E-state index in [9.17, 15) is 9.59 Å². The molecule has 0 aliphatic carbocycles. The summed E-state index contributed by atoms with van der Waals surface area (Å²) >= 11 is 0. The highest BCUT2D eigenvalue weighted by atomic mass is 16.5. The number of nitrogens with zero attached hydrogens (tertiary/aromatic N) is 2. The van der Waals surface area contributed by atoms with Gasteiger partial charge in [-0.3, -0.25) is 9.59 Å². The standard InChI is InChI=1S/C18H23N3O4/c1-14(2)10-21(11-17(22)19-16-8-9-25-20-16)18(23)13-24-12-15-6-4-3-5-7-15/h3-9,14H,10-13H2,1-2H3,(H,19,20,22). The normalized spacial score (nSPS) is 10.7. The van der Waals surface area contributed by atoms with Crippen LogP contribution in [-0.2, 0) is 20.9 Å². The van der Waals surface area contributed by atoms with Gasteiger partial charge in [-0.2, -0.15) is 0 Å². The lowest BCUT2D eigenvalue weighted by Gasteiger charge is -2.23. The van der Waals surface area contributed by atoms with Gasteiger partial charge in [0, 0.05) is 12.6 Å². The minimum atomic E-state index is -0.328. The highest BCUT2D eigenvalue weighted by Gasteiger charge is 2.19. The summed E-state index contributed by atoms with van der Waals surface area (Å²) < 4.78 is 10.1. The Hall–Kier alpha value is -2.67. The molecule has 7 heteroatoms. The van der Waals surface area contributed by atoms with Crippen LogP contribution in [0.1, 0.15) is 19.4 Å². The van der Waals surface area contributed by atoms with Crippen molar-refractivity contribution in [3.05, 3.63) is 48.2 Å².